The summed E-state index contributed by atoms with van der Waals surface area (Å²) in [4.78, 5) is 0. The zero-order valence-electron chi connectivity index (χ0n) is 6.95. The molecule has 0 amide bonds. The molecule has 2 rings (SSSR count). The summed E-state index contributed by atoms with van der Waals surface area (Å²) in [5.41, 5.74) is 0. The van der Waals surface area contributed by atoms with Gasteiger partial charge in [0.25, 0.3) is 0 Å². The SMILES string of the molecule is COC[C@@H]1C2OC2[C@@H]1COC. The normalized spacial score (nSPS) is 46.4. The Bertz CT molecular complexity index is 132. The van der Waals surface area contributed by atoms with Crippen LogP contribution in [-0.4, -0.2) is 39.6 Å². The standard InChI is InChI=1S/C8H14O3/c1-9-3-5-6(4-10-2)8-7(5)11-8/h5-8H,3-4H2,1-2H3/t5-,6+,7?,8?. The molecule has 3 nitrogen and oxygen atoms in total. The summed E-state index contributed by atoms with van der Waals surface area (Å²) in [5, 5.41) is 0. The Morgan fingerprint density at radius 1 is 1.00 bits per heavy atom. The summed E-state index contributed by atoms with van der Waals surface area (Å²) in [6.07, 6.45) is 0.991. The van der Waals surface area contributed by atoms with Crippen molar-refractivity contribution in [2.24, 2.45) is 11.8 Å². The van der Waals surface area contributed by atoms with Crippen LogP contribution in [0.5, 0.6) is 0 Å². The molecule has 2 fully saturated rings. The van der Waals surface area contributed by atoms with Gasteiger partial charge in [0, 0.05) is 26.1 Å². The molecular formula is C8H14O3. The second-order valence-corrected chi connectivity index (χ2v) is 3.30. The Kier molecular flexibility index (Phi) is 1.87. The quantitative estimate of drug-likeness (QED) is 0.551. The van der Waals surface area contributed by atoms with Gasteiger partial charge in [0.1, 0.15) is 0 Å². The Balaban J connectivity index is 1.80. The first-order valence-corrected chi connectivity index (χ1v) is 4.02. The third kappa shape index (κ3) is 1.08. The third-order valence-electron chi connectivity index (χ3n) is 2.67. The van der Waals surface area contributed by atoms with E-state index in [2.05, 4.69) is 0 Å². The van der Waals surface area contributed by atoms with Gasteiger partial charge in [-0.2, -0.15) is 0 Å². The van der Waals surface area contributed by atoms with Crippen LogP contribution in [0.1, 0.15) is 0 Å². The molecule has 0 radical (unpaired) electrons. The van der Waals surface area contributed by atoms with Crippen molar-refractivity contribution < 1.29 is 14.2 Å². The topological polar surface area (TPSA) is 31.0 Å². The van der Waals surface area contributed by atoms with Crippen molar-refractivity contribution in [1.29, 1.82) is 0 Å². The predicted octanol–water partition coefficient (Wildman–Crippen LogP) is 0.293. The van der Waals surface area contributed by atoms with E-state index in [4.69, 9.17) is 14.2 Å². The lowest BCUT2D eigenvalue weighted by atomic mass is 9.75. The molecule has 1 aliphatic heterocycles. The monoisotopic (exact) mass is 158 g/mol. The number of fused-ring (bicyclic) bond motifs is 1. The van der Waals surface area contributed by atoms with Crippen LogP contribution in [0.2, 0.25) is 0 Å². The van der Waals surface area contributed by atoms with Gasteiger partial charge in [-0.1, -0.05) is 0 Å². The second-order valence-electron chi connectivity index (χ2n) is 3.30. The Morgan fingerprint density at radius 3 is 1.82 bits per heavy atom. The number of hydrogen-bond acceptors (Lipinski definition) is 3. The second kappa shape index (κ2) is 2.73. The number of methoxy groups -OCH3 is 2. The Morgan fingerprint density at radius 2 is 1.45 bits per heavy atom. The van der Waals surface area contributed by atoms with Crippen molar-refractivity contribution in [2.75, 3.05) is 27.4 Å². The van der Waals surface area contributed by atoms with E-state index in [0.717, 1.165) is 13.2 Å². The molecule has 0 N–H and O–H groups in total. The molecular weight excluding hydrogens is 144 g/mol. The smallest absolute Gasteiger partial charge is 0.0900 e. The lowest BCUT2D eigenvalue weighted by molar-refractivity contribution is 0.0387. The first-order chi connectivity index (χ1) is 5.38. The zero-order chi connectivity index (χ0) is 7.84. The highest BCUT2D eigenvalue weighted by Gasteiger charge is 2.63. The van der Waals surface area contributed by atoms with Gasteiger partial charge in [-0.3, -0.25) is 0 Å². The van der Waals surface area contributed by atoms with Crippen LogP contribution < -0.4 is 0 Å². The summed E-state index contributed by atoms with van der Waals surface area (Å²) >= 11 is 0. The molecule has 4 atom stereocenters. The van der Waals surface area contributed by atoms with Gasteiger partial charge in [-0.15, -0.1) is 0 Å². The minimum Gasteiger partial charge on any atom is -0.384 e. The molecule has 0 bridgehead atoms. The molecule has 0 aromatic rings. The number of rotatable bonds is 4. The molecule has 3 heteroatoms. The van der Waals surface area contributed by atoms with Gasteiger partial charge in [0.05, 0.1) is 25.4 Å². The molecule has 1 aliphatic carbocycles. The molecule has 1 heterocycles. The average molecular weight is 158 g/mol. The van der Waals surface area contributed by atoms with E-state index in [0.29, 0.717) is 24.0 Å². The molecule has 2 unspecified atom stereocenters. The van der Waals surface area contributed by atoms with E-state index in [1.165, 1.54) is 0 Å². The molecule has 0 aromatic heterocycles. The third-order valence-corrected chi connectivity index (χ3v) is 2.67. The maximum atomic E-state index is 5.40. The van der Waals surface area contributed by atoms with E-state index in [-0.39, 0.29) is 0 Å². The van der Waals surface area contributed by atoms with Crippen molar-refractivity contribution in [3.63, 3.8) is 0 Å². The van der Waals surface area contributed by atoms with Crippen molar-refractivity contribution in [1.82, 2.24) is 0 Å². The van der Waals surface area contributed by atoms with Crippen molar-refractivity contribution >= 4 is 0 Å². The minimum absolute atomic E-state index is 0.495. The highest BCUT2D eigenvalue weighted by molar-refractivity contribution is 5.09. The number of ether oxygens (including phenoxy) is 3. The van der Waals surface area contributed by atoms with E-state index in [1.54, 1.807) is 14.2 Å². The summed E-state index contributed by atoms with van der Waals surface area (Å²) < 4.78 is 15.6. The molecule has 11 heavy (non-hydrogen) atoms. The highest BCUT2D eigenvalue weighted by Crippen LogP contribution is 2.51. The molecule has 1 saturated carbocycles. The van der Waals surface area contributed by atoms with Crippen LogP contribution in [0, 0.1) is 11.8 Å². The first kappa shape index (κ1) is 7.53. The highest BCUT2D eigenvalue weighted by atomic mass is 16.6. The Hall–Kier alpha value is -0.120. The van der Waals surface area contributed by atoms with Crippen molar-refractivity contribution in [3.8, 4) is 0 Å². The molecule has 1 saturated heterocycles. The van der Waals surface area contributed by atoms with Crippen LogP contribution in [-0.2, 0) is 14.2 Å². The van der Waals surface area contributed by atoms with Gasteiger partial charge in [0.2, 0.25) is 0 Å². The van der Waals surface area contributed by atoms with Gasteiger partial charge < -0.3 is 14.2 Å². The fraction of sp³-hybridized carbons (Fsp3) is 1.00. The fourth-order valence-corrected chi connectivity index (χ4v) is 1.99. The first-order valence-electron chi connectivity index (χ1n) is 4.02. The summed E-state index contributed by atoms with van der Waals surface area (Å²) in [6, 6.07) is 0. The van der Waals surface area contributed by atoms with Crippen LogP contribution in [0.15, 0.2) is 0 Å². The number of epoxide rings is 1. The Labute approximate surface area is 66.6 Å². The zero-order valence-corrected chi connectivity index (χ0v) is 6.95. The average Bonchev–Trinajstić information content (AvgIpc) is 2.71. The van der Waals surface area contributed by atoms with Crippen LogP contribution in [0.25, 0.3) is 0 Å². The molecule has 0 aromatic carbocycles. The summed E-state index contributed by atoms with van der Waals surface area (Å²) in [5.74, 6) is 1.18. The van der Waals surface area contributed by atoms with E-state index in [1.807, 2.05) is 0 Å². The van der Waals surface area contributed by atoms with Gasteiger partial charge in [0.15, 0.2) is 0 Å². The summed E-state index contributed by atoms with van der Waals surface area (Å²) in [6.45, 7) is 1.63. The number of hydrogen-bond donors (Lipinski definition) is 0. The lowest BCUT2D eigenvalue weighted by Crippen LogP contribution is -2.42. The largest absolute Gasteiger partial charge is 0.384 e. The van der Waals surface area contributed by atoms with Crippen LogP contribution in [0.3, 0.4) is 0 Å². The van der Waals surface area contributed by atoms with Crippen molar-refractivity contribution in [3.05, 3.63) is 0 Å². The molecule has 64 valence electrons. The van der Waals surface area contributed by atoms with Crippen LogP contribution >= 0.6 is 0 Å². The molecule has 2 aliphatic rings. The van der Waals surface area contributed by atoms with E-state index < -0.39 is 0 Å². The predicted molar refractivity (Wildman–Crippen MR) is 39.4 cm³/mol. The van der Waals surface area contributed by atoms with Gasteiger partial charge in [-0.25, -0.2) is 0 Å². The van der Waals surface area contributed by atoms with E-state index in [9.17, 15) is 0 Å². The van der Waals surface area contributed by atoms with Gasteiger partial charge in [-0.05, 0) is 0 Å². The fourth-order valence-electron chi connectivity index (χ4n) is 1.99. The summed E-state index contributed by atoms with van der Waals surface area (Å²) in [7, 11) is 3.47. The molecule has 0 spiro atoms. The van der Waals surface area contributed by atoms with Gasteiger partial charge >= 0.3 is 0 Å². The maximum absolute atomic E-state index is 5.40. The maximum Gasteiger partial charge on any atom is 0.0900 e. The minimum atomic E-state index is 0.495. The van der Waals surface area contributed by atoms with Crippen molar-refractivity contribution in [2.45, 2.75) is 12.2 Å². The lowest BCUT2D eigenvalue weighted by Gasteiger charge is -2.30. The van der Waals surface area contributed by atoms with E-state index >= 15 is 0 Å². The van der Waals surface area contributed by atoms with Crippen LogP contribution in [0.4, 0.5) is 0 Å².